The van der Waals surface area contributed by atoms with Crippen LogP contribution in [0.15, 0.2) is 109 Å². The SMILES string of the molecule is Cc1ccc(COc2ccc(Oc3c(C)cc(C=CC(=O)N4CCN(Cc5ccc(CCOc6ccc(F)cc6)cc5)CC4)cc3C)nc2)cc1.Cl. The summed E-state index contributed by atoms with van der Waals surface area (Å²) >= 11 is 0. The summed E-state index contributed by atoms with van der Waals surface area (Å²) in [5.41, 5.74) is 7.63. The minimum Gasteiger partial charge on any atom is -0.493 e. The molecule has 4 aromatic carbocycles. The molecule has 9 heteroatoms. The van der Waals surface area contributed by atoms with Crippen LogP contribution < -0.4 is 14.2 Å². The van der Waals surface area contributed by atoms with Crippen molar-refractivity contribution in [2.24, 2.45) is 0 Å². The first-order chi connectivity index (χ1) is 24.8. The van der Waals surface area contributed by atoms with E-state index in [0.717, 1.165) is 54.1 Å². The highest BCUT2D eigenvalue weighted by Gasteiger charge is 2.20. The molecule has 0 bridgehead atoms. The molecule has 0 atom stereocenters. The van der Waals surface area contributed by atoms with Gasteiger partial charge in [0, 0.05) is 51.3 Å². The predicted molar refractivity (Wildman–Crippen MR) is 206 cm³/mol. The van der Waals surface area contributed by atoms with E-state index in [4.69, 9.17) is 14.2 Å². The van der Waals surface area contributed by atoms with Crippen molar-refractivity contribution in [1.29, 1.82) is 0 Å². The number of carbonyl (C=O) groups is 1. The molecule has 5 aromatic rings. The van der Waals surface area contributed by atoms with Gasteiger partial charge in [-0.3, -0.25) is 9.69 Å². The van der Waals surface area contributed by atoms with Crippen LogP contribution in [0.4, 0.5) is 4.39 Å². The molecule has 0 spiro atoms. The Labute approximate surface area is 312 Å². The van der Waals surface area contributed by atoms with Gasteiger partial charge in [0.2, 0.25) is 11.8 Å². The fourth-order valence-corrected chi connectivity index (χ4v) is 6.00. The molecule has 7 nitrogen and oxygen atoms in total. The zero-order chi connectivity index (χ0) is 35.6. The van der Waals surface area contributed by atoms with Crippen molar-refractivity contribution in [2.45, 2.75) is 40.3 Å². The smallest absolute Gasteiger partial charge is 0.246 e. The van der Waals surface area contributed by atoms with E-state index in [1.807, 2.05) is 49.1 Å². The summed E-state index contributed by atoms with van der Waals surface area (Å²) in [4.78, 5) is 21.8. The minimum absolute atomic E-state index is 0. The number of ether oxygens (including phenoxy) is 3. The summed E-state index contributed by atoms with van der Waals surface area (Å²) in [5.74, 6) is 2.34. The summed E-state index contributed by atoms with van der Waals surface area (Å²) in [6, 6.07) is 30.6. The monoisotopic (exact) mass is 721 g/mol. The predicted octanol–water partition coefficient (Wildman–Crippen LogP) is 8.92. The van der Waals surface area contributed by atoms with Gasteiger partial charge >= 0.3 is 0 Å². The van der Waals surface area contributed by atoms with Crippen LogP contribution in [-0.4, -0.2) is 53.5 Å². The van der Waals surface area contributed by atoms with Crippen molar-refractivity contribution in [3.8, 4) is 23.1 Å². The third kappa shape index (κ3) is 10.9. The van der Waals surface area contributed by atoms with Crippen molar-refractivity contribution in [1.82, 2.24) is 14.8 Å². The highest BCUT2D eigenvalue weighted by Crippen LogP contribution is 2.30. The summed E-state index contributed by atoms with van der Waals surface area (Å²) in [6.45, 7) is 10.9. The molecular weight excluding hydrogens is 677 g/mol. The van der Waals surface area contributed by atoms with Gasteiger partial charge < -0.3 is 19.1 Å². The maximum atomic E-state index is 13.1. The van der Waals surface area contributed by atoms with Gasteiger partial charge in [-0.25, -0.2) is 9.37 Å². The van der Waals surface area contributed by atoms with Crippen LogP contribution in [0.1, 0.15) is 38.9 Å². The van der Waals surface area contributed by atoms with E-state index in [0.29, 0.717) is 43.7 Å². The molecular formula is C43H45ClFN3O4. The second kappa shape index (κ2) is 18.4. The summed E-state index contributed by atoms with van der Waals surface area (Å²) < 4.78 is 30.8. The van der Waals surface area contributed by atoms with Crippen molar-refractivity contribution < 1.29 is 23.4 Å². The van der Waals surface area contributed by atoms with Crippen molar-refractivity contribution in [2.75, 3.05) is 32.8 Å². The average molecular weight is 722 g/mol. The number of halogens is 2. The van der Waals surface area contributed by atoms with E-state index in [1.165, 1.54) is 28.8 Å². The lowest BCUT2D eigenvalue weighted by atomic mass is 10.1. The number of amides is 1. The molecule has 1 fully saturated rings. The zero-order valence-electron chi connectivity index (χ0n) is 29.9. The molecule has 1 aromatic heterocycles. The van der Waals surface area contributed by atoms with Gasteiger partial charge in [0.15, 0.2) is 0 Å². The fraction of sp³-hybridized carbons (Fsp3) is 0.256. The van der Waals surface area contributed by atoms with Crippen molar-refractivity contribution in [3.05, 3.63) is 154 Å². The molecule has 2 heterocycles. The number of hydrogen-bond acceptors (Lipinski definition) is 6. The topological polar surface area (TPSA) is 64.1 Å². The zero-order valence-corrected chi connectivity index (χ0v) is 30.7. The molecule has 52 heavy (non-hydrogen) atoms. The number of carbonyl (C=O) groups excluding carboxylic acids is 1. The Kier molecular flexibility index (Phi) is 13.4. The van der Waals surface area contributed by atoms with Gasteiger partial charge in [0.05, 0.1) is 12.8 Å². The molecule has 1 aliphatic heterocycles. The second-order valence-electron chi connectivity index (χ2n) is 13.0. The van der Waals surface area contributed by atoms with Gasteiger partial charge in [-0.15, -0.1) is 12.4 Å². The van der Waals surface area contributed by atoms with Gasteiger partial charge in [-0.2, -0.15) is 0 Å². The molecule has 270 valence electrons. The largest absolute Gasteiger partial charge is 0.493 e. The summed E-state index contributed by atoms with van der Waals surface area (Å²) in [7, 11) is 0. The number of pyridine rings is 1. The van der Waals surface area contributed by atoms with E-state index < -0.39 is 0 Å². The van der Waals surface area contributed by atoms with Gasteiger partial charge in [0.25, 0.3) is 0 Å². The molecule has 0 N–H and O–H groups in total. The van der Waals surface area contributed by atoms with Crippen LogP contribution in [0.25, 0.3) is 6.08 Å². The Bertz CT molecular complexity index is 1900. The molecule has 0 radical (unpaired) electrons. The average Bonchev–Trinajstić information content (AvgIpc) is 3.14. The first-order valence-corrected chi connectivity index (χ1v) is 17.4. The molecule has 1 amide bonds. The number of benzene rings is 4. The first kappa shape index (κ1) is 38.1. The van der Waals surface area contributed by atoms with Crippen molar-refractivity contribution >= 4 is 24.4 Å². The third-order valence-electron chi connectivity index (χ3n) is 8.93. The Balaban J connectivity index is 0.00000523. The van der Waals surface area contributed by atoms with Crippen LogP contribution in [0.3, 0.4) is 0 Å². The first-order valence-electron chi connectivity index (χ1n) is 17.4. The molecule has 0 saturated carbocycles. The Morgan fingerprint density at radius 2 is 1.40 bits per heavy atom. The Morgan fingerprint density at radius 1 is 0.769 bits per heavy atom. The molecule has 6 rings (SSSR count). The van der Waals surface area contributed by atoms with Gasteiger partial charge in [0.1, 0.15) is 29.7 Å². The van der Waals surface area contributed by atoms with Crippen molar-refractivity contribution in [3.63, 3.8) is 0 Å². The maximum Gasteiger partial charge on any atom is 0.246 e. The number of piperazine rings is 1. The van der Waals surface area contributed by atoms with Crippen LogP contribution >= 0.6 is 12.4 Å². The third-order valence-corrected chi connectivity index (χ3v) is 8.93. The second-order valence-corrected chi connectivity index (χ2v) is 13.0. The lowest BCUT2D eigenvalue weighted by molar-refractivity contribution is -0.127. The van der Waals surface area contributed by atoms with Crippen LogP contribution in [0, 0.1) is 26.6 Å². The lowest BCUT2D eigenvalue weighted by Crippen LogP contribution is -2.47. The highest BCUT2D eigenvalue weighted by atomic mass is 35.5. The van der Waals surface area contributed by atoms with E-state index in [1.54, 1.807) is 24.4 Å². The number of aromatic nitrogens is 1. The lowest BCUT2D eigenvalue weighted by Gasteiger charge is -2.34. The summed E-state index contributed by atoms with van der Waals surface area (Å²) in [6.07, 6.45) is 6.00. The van der Waals surface area contributed by atoms with E-state index in [9.17, 15) is 9.18 Å². The minimum atomic E-state index is -0.268. The number of rotatable bonds is 13. The maximum absolute atomic E-state index is 13.1. The molecule has 0 aliphatic carbocycles. The quantitative estimate of drug-likeness (QED) is 0.113. The van der Waals surface area contributed by atoms with Crippen LogP contribution in [0.2, 0.25) is 0 Å². The number of aryl methyl sites for hydroxylation is 3. The summed E-state index contributed by atoms with van der Waals surface area (Å²) in [5, 5.41) is 0. The van der Waals surface area contributed by atoms with E-state index in [-0.39, 0.29) is 24.1 Å². The van der Waals surface area contributed by atoms with Gasteiger partial charge in [-0.05, 0) is 103 Å². The van der Waals surface area contributed by atoms with Gasteiger partial charge in [-0.1, -0.05) is 54.1 Å². The fourth-order valence-electron chi connectivity index (χ4n) is 6.00. The molecule has 1 aliphatic rings. The highest BCUT2D eigenvalue weighted by molar-refractivity contribution is 5.92. The normalized spacial score (nSPS) is 13.1. The Morgan fingerprint density at radius 3 is 2.06 bits per heavy atom. The van der Waals surface area contributed by atoms with E-state index >= 15 is 0 Å². The molecule has 1 saturated heterocycles. The Hall–Kier alpha value is -5.18. The standard InChI is InChI=1S/C43H44FN3O4.ClH/c1-31-4-6-36(7-5-31)30-50-40-17-18-41(45-28-40)51-43-32(2)26-37(27-33(43)3)12-19-42(48)47-23-21-46(22-24-47)29-35-10-8-34(9-11-35)20-25-49-39-15-13-38(44)14-16-39;/h4-19,26-28H,20-25,29-30H2,1-3H3;1H. The van der Waals surface area contributed by atoms with E-state index in [2.05, 4.69) is 65.3 Å². The van der Waals surface area contributed by atoms with Crippen LogP contribution in [0.5, 0.6) is 23.1 Å². The number of nitrogens with zero attached hydrogens (tertiary/aromatic N) is 3. The number of hydrogen-bond donors (Lipinski definition) is 0. The van der Waals surface area contributed by atoms with Crippen LogP contribution in [-0.2, 0) is 24.4 Å². The molecule has 0 unspecified atom stereocenters.